The van der Waals surface area contributed by atoms with Gasteiger partial charge >= 0.3 is 0 Å². The third kappa shape index (κ3) is 1.09. The Morgan fingerprint density at radius 1 is 1.58 bits per heavy atom. The lowest BCUT2D eigenvalue weighted by molar-refractivity contribution is -0.128. The van der Waals surface area contributed by atoms with E-state index in [1.54, 1.807) is 13.2 Å². The minimum absolute atomic E-state index is 0.122. The van der Waals surface area contributed by atoms with E-state index in [0.29, 0.717) is 12.6 Å². The van der Waals surface area contributed by atoms with Crippen LogP contribution in [0.2, 0.25) is 0 Å². The van der Waals surface area contributed by atoms with Gasteiger partial charge in [-0.05, 0) is 19.3 Å². The van der Waals surface area contributed by atoms with Gasteiger partial charge in [-0.3, -0.25) is 4.79 Å². The molecule has 0 N–H and O–H groups in total. The molecule has 0 unspecified atom stereocenters. The van der Waals surface area contributed by atoms with Gasteiger partial charge < -0.3 is 9.64 Å². The smallest absolute Gasteiger partial charge is 0.250 e. The molecular formula is C9H13NO2. The maximum atomic E-state index is 11.3. The van der Waals surface area contributed by atoms with E-state index in [9.17, 15) is 4.79 Å². The molecule has 12 heavy (non-hydrogen) atoms. The fraction of sp³-hybridized carbons (Fsp3) is 0.667. The molecule has 0 saturated heterocycles. The van der Waals surface area contributed by atoms with E-state index in [1.807, 2.05) is 4.90 Å². The van der Waals surface area contributed by atoms with E-state index in [2.05, 4.69) is 0 Å². The van der Waals surface area contributed by atoms with Crippen LogP contribution in [0.15, 0.2) is 11.8 Å². The zero-order chi connectivity index (χ0) is 8.55. The van der Waals surface area contributed by atoms with Crippen molar-refractivity contribution in [1.82, 2.24) is 4.90 Å². The fourth-order valence-corrected chi connectivity index (χ4v) is 1.64. The van der Waals surface area contributed by atoms with Crippen LogP contribution < -0.4 is 0 Å². The van der Waals surface area contributed by atoms with Crippen molar-refractivity contribution >= 4 is 5.91 Å². The molecule has 0 aromatic carbocycles. The number of amides is 1. The van der Waals surface area contributed by atoms with Crippen molar-refractivity contribution in [1.29, 1.82) is 0 Å². The Kier molecular flexibility index (Phi) is 1.79. The zero-order valence-corrected chi connectivity index (χ0v) is 7.25. The Bertz CT molecular complexity index is 231. The van der Waals surface area contributed by atoms with Crippen LogP contribution in [0.1, 0.15) is 19.3 Å². The lowest BCUT2D eigenvalue weighted by Crippen LogP contribution is -2.41. The van der Waals surface area contributed by atoms with E-state index in [1.165, 1.54) is 6.42 Å². The highest BCUT2D eigenvalue weighted by molar-refractivity contribution is 5.91. The van der Waals surface area contributed by atoms with Gasteiger partial charge in [-0.25, -0.2) is 0 Å². The highest BCUT2D eigenvalue weighted by Crippen LogP contribution is 2.28. The first-order valence-electron chi connectivity index (χ1n) is 4.36. The summed E-state index contributed by atoms with van der Waals surface area (Å²) >= 11 is 0. The number of hydrogen-bond acceptors (Lipinski definition) is 2. The Morgan fingerprint density at radius 2 is 2.33 bits per heavy atom. The largest absolute Gasteiger partial charge is 0.499 e. The predicted octanol–water partition coefficient (Wildman–Crippen LogP) is 0.911. The van der Waals surface area contributed by atoms with Gasteiger partial charge in [-0.2, -0.15) is 0 Å². The second-order valence-electron chi connectivity index (χ2n) is 3.37. The summed E-state index contributed by atoms with van der Waals surface area (Å²) in [6.45, 7) is 0.681. The normalized spacial score (nSPS) is 23.9. The van der Waals surface area contributed by atoms with Crippen molar-refractivity contribution in [2.45, 2.75) is 25.3 Å². The minimum atomic E-state index is 0.122. The summed E-state index contributed by atoms with van der Waals surface area (Å²) in [7, 11) is 1.61. The number of ether oxygens (including phenoxy) is 1. The zero-order valence-electron chi connectivity index (χ0n) is 7.25. The molecule has 1 aliphatic carbocycles. The van der Waals surface area contributed by atoms with Crippen LogP contribution in [0.25, 0.3) is 0 Å². The summed E-state index contributed by atoms with van der Waals surface area (Å²) in [5.74, 6) is 0.920. The van der Waals surface area contributed by atoms with Gasteiger partial charge in [0.15, 0.2) is 0 Å². The highest BCUT2D eigenvalue weighted by atomic mass is 16.5. The predicted molar refractivity (Wildman–Crippen MR) is 44.4 cm³/mol. The topological polar surface area (TPSA) is 29.5 Å². The first-order valence-corrected chi connectivity index (χ1v) is 4.36. The number of carbonyl (C=O) groups excluding carboxylic acids is 1. The summed E-state index contributed by atoms with van der Waals surface area (Å²) in [4.78, 5) is 13.3. The molecule has 0 aromatic heterocycles. The van der Waals surface area contributed by atoms with E-state index < -0.39 is 0 Å². The van der Waals surface area contributed by atoms with Gasteiger partial charge in [0.05, 0.1) is 13.7 Å². The maximum absolute atomic E-state index is 11.3. The number of nitrogens with zero attached hydrogens (tertiary/aromatic N) is 1. The molecule has 0 radical (unpaired) electrons. The highest BCUT2D eigenvalue weighted by Gasteiger charge is 2.32. The van der Waals surface area contributed by atoms with E-state index >= 15 is 0 Å². The Balaban J connectivity index is 1.99. The lowest BCUT2D eigenvalue weighted by Gasteiger charge is -2.34. The fourth-order valence-electron chi connectivity index (χ4n) is 1.64. The average molecular weight is 167 g/mol. The van der Waals surface area contributed by atoms with E-state index in [4.69, 9.17) is 4.74 Å². The first-order chi connectivity index (χ1) is 5.81. The Hall–Kier alpha value is -0.990. The second kappa shape index (κ2) is 2.81. The molecule has 0 bridgehead atoms. The molecule has 2 rings (SSSR count). The molecule has 1 amide bonds. The molecule has 3 heteroatoms. The average Bonchev–Trinajstić information content (AvgIpc) is 2.29. The van der Waals surface area contributed by atoms with Crippen LogP contribution in [0.4, 0.5) is 0 Å². The molecule has 2 aliphatic rings. The summed E-state index contributed by atoms with van der Waals surface area (Å²) in [5, 5.41) is 0. The van der Waals surface area contributed by atoms with Crippen LogP contribution in [0, 0.1) is 0 Å². The van der Waals surface area contributed by atoms with Crippen LogP contribution in [-0.4, -0.2) is 30.5 Å². The van der Waals surface area contributed by atoms with Crippen LogP contribution in [0.3, 0.4) is 0 Å². The summed E-state index contributed by atoms with van der Waals surface area (Å²) in [6, 6.07) is 0.487. The van der Waals surface area contributed by atoms with E-state index in [-0.39, 0.29) is 5.91 Å². The molecule has 1 heterocycles. The number of hydrogen-bond donors (Lipinski definition) is 0. The van der Waals surface area contributed by atoms with Crippen molar-refractivity contribution in [3.63, 3.8) is 0 Å². The van der Waals surface area contributed by atoms with Crippen LogP contribution >= 0.6 is 0 Å². The molecule has 1 aliphatic heterocycles. The molecule has 0 spiro atoms. The molecule has 3 nitrogen and oxygen atoms in total. The van der Waals surface area contributed by atoms with E-state index in [0.717, 1.165) is 18.6 Å². The van der Waals surface area contributed by atoms with Crippen LogP contribution in [0.5, 0.6) is 0 Å². The summed E-state index contributed by atoms with van der Waals surface area (Å²) in [5.41, 5.74) is 0. The van der Waals surface area contributed by atoms with Gasteiger partial charge in [-0.15, -0.1) is 0 Å². The minimum Gasteiger partial charge on any atom is -0.499 e. The lowest BCUT2D eigenvalue weighted by atomic mass is 9.92. The number of carbonyl (C=O) groups is 1. The first kappa shape index (κ1) is 7.65. The Morgan fingerprint density at radius 3 is 2.75 bits per heavy atom. The van der Waals surface area contributed by atoms with Crippen molar-refractivity contribution in [3.8, 4) is 0 Å². The molecule has 0 aromatic rings. The van der Waals surface area contributed by atoms with Gasteiger partial charge in [-0.1, -0.05) is 0 Å². The molecule has 66 valence electrons. The molecule has 1 saturated carbocycles. The van der Waals surface area contributed by atoms with Crippen molar-refractivity contribution in [2.24, 2.45) is 0 Å². The standard InChI is InChI=1S/C9H13NO2/c1-12-8-5-9(11)10(6-8)7-3-2-4-7/h5,7H,2-4,6H2,1H3. The third-order valence-corrected chi connectivity index (χ3v) is 2.67. The molecular weight excluding hydrogens is 154 g/mol. The van der Waals surface area contributed by atoms with Crippen molar-refractivity contribution < 1.29 is 9.53 Å². The monoisotopic (exact) mass is 167 g/mol. The molecule has 1 fully saturated rings. The SMILES string of the molecule is COC1=CC(=O)N(C2CCC2)C1. The van der Waals surface area contributed by atoms with Gasteiger partial charge in [0, 0.05) is 12.1 Å². The van der Waals surface area contributed by atoms with Gasteiger partial charge in [0.2, 0.25) is 0 Å². The number of rotatable bonds is 2. The summed E-state index contributed by atoms with van der Waals surface area (Å²) in [6.07, 6.45) is 5.18. The van der Waals surface area contributed by atoms with Crippen LogP contribution in [-0.2, 0) is 9.53 Å². The third-order valence-electron chi connectivity index (χ3n) is 2.67. The van der Waals surface area contributed by atoms with Gasteiger partial charge in [0.1, 0.15) is 5.76 Å². The second-order valence-corrected chi connectivity index (χ2v) is 3.37. The van der Waals surface area contributed by atoms with Crippen molar-refractivity contribution in [3.05, 3.63) is 11.8 Å². The van der Waals surface area contributed by atoms with Crippen molar-refractivity contribution in [2.75, 3.05) is 13.7 Å². The van der Waals surface area contributed by atoms with Gasteiger partial charge in [0.25, 0.3) is 5.91 Å². The maximum Gasteiger partial charge on any atom is 0.250 e. The number of methoxy groups -OCH3 is 1. The summed E-state index contributed by atoms with van der Waals surface area (Å²) < 4.78 is 5.03. The molecule has 0 atom stereocenters. The Labute approximate surface area is 72.0 Å². The quantitative estimate of drug-likeness (QED) is 0.611.